The molecular weight excluding hydrogens is 156 g/mol. The van der Waals surface area contributed by atoms with Crippen LogP contribution >= 0.6 is 0 Å². The van der Waals surface area contributed by atoms with Crippen LogP contribution in [0.4, 0.5) is 0 Å². The summed E-state index contributed by atoms with van der Waals surface area (Å²) in [6.45, 7) is 4.76. The predicted molar refractivity (Wildman–Crippen MR) is 57.3 cm³/mol. The van der Waals surface area contributed by atoms with Gasteiger partial charge >= 0.3 is 0 Å². The summed E-state index contributed by atoms with van der Waals surface area (Å²) < 4.78 is 0. The zero-order valence-electron chi connectivity index (χ0n) is 8.72. The van der Waals surface area contributed by atoms with E-state index in [-0.39, 0.29) is 0 Å². The summed E-state index contributed by atoms with van der Waals surface area (Å²) in [7, 11) is 0. The smallest absolute Gasteiger partial charge is 0.0114 e. The molecule has 13 heavy (non-hydrogen) atoms. The minimum absolute atomic E-state index is 0.501. The zero-order chi connectivity index (χ0) is 9.31. The largest absolute Gasteiger partial charge is 0.0882 e. The van der Waals surface area contributed by atoms with Gasteiger partial charge in [0.2, 0.25) is 0 Å². The molecule has 0 nitrogen and oxygen atoms in total. The summed E-state index contributed by atoms with van der Waals surface area (Å²) in [4.78, 5) is 0. The van der Waals surface area contributed by atoms with Crippen LogP contribution in [-0.4, -0.2) is 0 Å². The van der Waals surface area contributed by atoms with Crippen molar-refractivity contribution in [2.75, 3.05) is 0 Å². The summed E-state index contributed by atoms with van der Waals surface area (Å²) in [5.74, 6) is 2.42. The maximum Gasteiger partial charge on any atom is -0.0114 e. The first-order valence-electron chi connectivity index (χ1n) is 5.36. The molecule has 71 valence electrons. The van der Waals surface area contributed by atoms with Crippen LogP contribution in [0.1, 0.15) is 39.5 Å². The summed E-state index contributed by atoms with van der Waals surface area (Å²) in [5.41, 5.74) is 0.501. The predicted octanol–water partition coefficient (Wildman–Crippen LogP) is 3.90. The number of hydrogen-bond acceptors (Lipinski definition) is 0. The second-order valence-corrected chi connectivity index (χ2v) is 4.82. The Morgan fingerprint density at radius 3 is 2.54 bits per heavy atom. The van der Waals surface area contributed by atoms with Crippen LogP contribution in [0.25, 0.3) is 0 Å². The van der Waals surface area contributed by atoms with Gasteiger partial charge in [0.05, 0.1) is 0 Å². The molecular formula is C13H19. The lowest BCUT2D eigenvalue weighted by Gasteiger charge is -2.38. The quantitative estimate of drug-likeness (QED) is 0.530. The van der Waals surface area contributed by atoms with Gasteiger partial charge in [-0.2, -0.15) is 0 Å². The highest BCUT2D eigenvalue weighted by Gasteiger charge is 2.37. The molecule has 0 spiro atoms. The Bertz CT molecular complexity index is 226. The van der Waals surface area contributed by atoms with E-state index in [4.69, 9.17) is 0 Å². The average Bonchev–Trinajstić information content (AvgIpc) is 2.54. The topological polar surface area (TPSA) is 0 Å². The molecule has 0 saturated heterocycles. The van der Waals surface area contributed by atoms with Crippen molar-refractivity contribution in [1.29, 1.82) is 0 Å². The van der Waals surface area contributed by atoms with E-state index in [0.29, 0.717) is 5.41 Å². The molecule has 1 unspecified atom stereocenters. The van der Waals surface area contributed by atoms with Gasteiger partial charge in [-0.3, -0.25) is 0 Å². The van der Waals surface area contributed by atoms with Gasteiger partial charge in [0.15, 0.2) is 0 Å². The molecule has 2 rings (SSSR count). The van der Waals surface area contributed by atoms with E-state index in [1.807, 2.05) is 0 Å². The van der Waals surface area contributed by atoms with Gasteiger partial charge < -0.3 is 0 Å². The molecule has 0 aromatic heterocycles. The molecule has 2 aliphatic carbocycles. The molecule has 0 aromatic carbocycles. The van der Waals surface area contributed by atoms with E-state index in [2.05, 4.69) is 38.2 Å². The van der Waals surface area contributed by atoms with Gasteiger partial charge in [-0.05, 0) is 42.9 Å². The molecule has 0 aliphatic heterocycles. The van der Waals surface area contributed by atoms with Crippen LogP contribution in [0.2, 0.25) is 0 Å². The van der Waals surface area contributed by atoms with Crippen molar-refractivity contribution in [2.24, 2.45) is 11.3 Å². The molecule has 0 saturated carbocycles. The van der Waals surface area contributed by atoms with Crippen LogP contribution in [-0.2, 0) is 0 Å². The van der Waals surface area contributed by atoms with Gasteiger partial charge in [-0.1, -0.05) is 38.2 Å². The summed E-state index contributed by atoms with van der Waals surface area (Å²) in [5, 5.41) is 0. The minimum Gasteiger partial charge on any atom is -0.0882 e. The normalized spacial score (nSPS) is 32.6. The van der Waals surface area contributed by atoms with Crippen molar-refractivity contribution < 1.29 is 0 Å². The summed E-state index contributed by atoms with van der Waals surface area (Å²) in [6, 6.07) is 0. The van der Waals surface area contributed by atoms with E-state index in [1.54, 1.807) is 5.92 Å². The molecule has 0 heteroatoms. The summed E-state index contributed by atoms with van der Waals surface area (Å²) in [6.07, 6.45) is 14.6. The highest BCUT2D eigenvalue weighted by Crippen LogP contribution is 2.47. The second kappa shape index (κ2) is 3.32. The monoisotopic (exact) mass is 175 g/mol. The van der Waals surface area contributed by atoms with Crippen LogP contribution in [0.3, 0.4) is 0 Å². The maximum atomic E-state index is 2.44. The molecule has 0 amide bonds. The first-order valence-corrected chi connectivity index (χ1v) is 5.36. The van der Waals surface area contributed by atoms with Crippen LogP contribution in [0.5, 0.6) is 0 Å². The van der Waals surface area contributed by atoms with Crippen LogP contribution in [0, 0.1) is 17.3 Å². The lowest BCUT2D eigenvalue weighted by Crippen LogP contribution is -2.28. The van der Waals surface area contributed by atoms with Crippen LogP contribution < -0.4 is 0 Å². The molecule has 0 fully saturated rings. The lowest BCUT2D eigenvalue weighted by molar-refractivity contribution is 0.247. The molecule has 0 bridgehead atoms. The van der Waals surface area contributed by atoms with Crippen molar-refractivity contribution in [1.82, 2.24) is 0 Å². The van der Waals surface area contributed by atoms with Gasteiger partial charge in [-0.25, -0.2) is 0 Å². The second-order valence-electron chi connectivity index (χ2n) is 4.82. The Kier molecular flexibility index (Phi) is 2.31. The van der Waals surface area contributed by atoms with Gasteiger partial charge in [0, 0.05) is 0 Å². The summed E-state index contributed by atoms with van der Waals surface area (Å²) >= 11 is 0. The molecule has 1 radical (unpaired) electrons. The van der Waals surface area contributed by atoms with Crippen LogP contribution in [0.15, 0.2) is 24.3 Å². The molecule has 0 N–H and O–H groups in total. The maximum absolute atomic E-state index is 2.44. The Hall–Kier alpha value is -0.520. The third-order valence-corrected chi connectivity index (χ3v) is 3.65. The van der Waals surface area contributed by atoms with Crippen molar-refractivity contribution in [3.63, 3.8) is 0 Å². The van der Waals surface area contributed by atoms with E-state index < -0.39 is 0 Å². The Balaban J connectivity index is 2.14. The third kappa shape index (κ3) is 1.59. The van der Waals surface area contributed by atoms with Crippen molar-refractivity contribution in [3.8, 4) is 0 Å². The number of rotatable bonds is 1. The SMILES string of the molecule is C[C]1CCC=CC1C1(C)CC=CC1. The van der Waals surface area contributed by atoms with Crippen molar-refractivity contribution in [2.45, 2.75) is 39.5 Å². The fourth-order valence-corrected chi connectivity index (χ4v) is 2.73. The van der Waals surface area contributed by atoms with E-state index in [1.165, 1.54) is 25.7 Å². The highest BCUT2D eigenvalue weighted by atomic mass is 14.4. The number of allylic oxidation sites excluding steroid dienone is 4. The molecule has 0 heterocycles. The van der Waals surface area contributed by atoms with Crippen molar-refractivity contribution >= 4 is 0 Å². The lowest BCUT2D eigenvalue weighted by atomic mass is 9.67. The molecule has 2 aliphatic rings. The Labute approximate surface area is 81.7 Å². The van der Waals surface area contributed by atoms with Gasteiger partial charge in [-0.15, -0.1) is 0 Å². The van der Waals surface area contributed by atoms with Crippen molar-refractivity contribution in [3.05, 3.63) is 30.2 Å². The highest BCUT2D eigenvalue weighted by molar-refractivity contribution is 5.18. The minimum atomic E-state index is 0.501. The first kappa shape index (κ1) is 9.05. The Morgan fingerprint density at radius 1 is 1.23 bits per heavy atom. The Morgan fingerprint density at radius 2 is 1.92 bits per heavy atom. The third-order valence-electron chi connectivity index (χ3n) is 3.65. The van der Waals surface area contributed by atoms with E-state index >= 15 is 0 Å². The fraction of sp³-hybridized carbons (Fsp3) is 0.615. The number of hydrogen-bond donors (Lipinski definition) is 0. The van der Waals surface area contributed by atoms with Gasteiger partial charge in [0.1, 0.15) is 0 Å². The zero-order valence-corrected chi connectivity index (χ0v) is 8.72. The fourth-order valence-electron chi connectivity index (χ4n) is 2.73. The first-order chi connectivity index (χ1) is 6.22. The van der Waals surface area contributed by atoms with E-state index in [9.17, 15) is 0 Å². The molecule has 0 aromatic rings. The van der Waals surface area contributed by atoms with Gasteiger partial charge in [0.25, 0.3) is 0 Å². The standard InChI is InChI=1S/C13H19/c1-11-7-3-4-8-12(11)13(2)9-5-6-10-13/h4-6,8,12H,3,7,9-10H2,1-2H3. The van der Waals surface area contributed by atoms with E-state index in [0.717, 1.165) is 5.92 Å². The average molecular weight is 175 g/mol. The molecule has 1 atom stereocenters.